The minimum atomic E-state index is -2.20. The van der Waals surface area contributed by atoms with Gasteiger partial charge in [-0.05, 0) is 50.4 Å². The Morgan fingerprint density at radius 3 is 1.16 bits per heavy atom. The summed E-state index contributed by atoms with van der Waals surface area (Å²) in [6.07, 6.45) is 10.2. The Labute approximate surface area is 203 Å². The van der Waals surface area contributed by atoms with E-state index in [0.29, 0.717) is 0 Å². The predicted octanol–water partition coefficient (Wildman–Crippen LogP) is 8.20. The highest BCUT2D eigenvalue weighted by Gasteiger charge is 2.59. The van der Waals surface area contributed by atoms with Gasteiger partial charge in [0.15, 0.2) is 0 Å². The van der Waals surface area contributed by atoms with Gasteiger partial charge in [0.2, 0.25) is 0 Å². The minimum absolute atomic E-state index is 0.135. The van der Waals surface area contributed by atoms with E-state index in [-0.39, 0.29) is 10.1 Å². The average molecular weight is 489 g/mol. The largest absolute Gasteiger partial charge is 0.397 e. The molecule has 0 spiro atoms. The fourth-order valence-electron chi connectivity index (χ4n) is 6.80. The molecule has 0 aliphatic heterocycles. The monoisotopic (exact) mass is 488 g/mol. The maximum absolute atomic E-state index is 6.07. The summed E-state index contributed by atoms with van der Waals surface area (Å²) in [5.41, 5.74) is 1.48. The molecule has 0 bridgehead atoms. The van der Waals surface area contributed by atoms with Crippen LogP contribution < -0.4 is 0 Å². The fourth-order valence-corrected chi connectivity index (χ4v) is 16.7. The van der Waals surface area contributed by atoms with Crippen molar-refractivity contribution < 1.29 is 17.7 Å². The van der Waals surface area contributed by atoms with Gasteiger partial charge in [-0.25, -0.2) is 0 Å². The smallest absolute Gasteiger partial charge is 0.349 e. The summed E-state index contributed by atoms with van der Waals surface area (Å²) < 4.78 is 24.0. The molecule has 0 N–H and O–H groups in total. The third-order valence-electron chi connectivity index (χ3n) is 9.29. The number of hydrogen-bond acceptors (Lipinski definition) is 4. The van der Waals surface area contributed by atoms with E-state index in [1.807, 2.05) is 28.4 Å². The zero-order chi connectivity index (χ0) is 24.8. The van der Waals surface area contributed by atoms with E-state index in [4.69, 9.17) is 17.7 Å². The average Bonchev–Trinajstić information content (AvgIpc) is 3.40. The Bertz CT molecular complexity index is 504. The van der Waals surface area contributed by atoms with Gasteiger partial charge in [0.25, 0.3) is 0 Å². The molecule has 0 heterocycles. The maximum atomic E-state index is 6.07. The lowest BCUT2D eigenvalue weighted by Gasteiger charge is -2.50. The van der Waals surface area contributed by atoms with Crippen molar-refractivity contribution in [2.24, 2.45) is 11.8 Å². The van der Waals surface area contributed by atoms with Crippen molar-refractivity contribution in [3.05, 3.63) is 0 Å². The first-order valence-electron chi connectivity index (χ1n) is 13.1. The lowest BCUT2D eigenvalue weighted by molar-refractivity contribution is 0.174. The van der Waals surface area contributed by atoms with Crippen LogP contribution in [0.4, 0.5) is 0 Å². The van der Waals surface area contributed by atoms with Gasteiger partial charge < -0.3 is 17.7 Å². The van der Waals surface area contributed by atoms with E-state index < -0.39 is 17.1 Å². The van der Waals surface area contributed by atoms with E-state index >= 15 is 0 Å². The van der Waals surface area contributed by atoms with Crippen molar-refractivity contribution in [2.75, 3.05) is 28.4 Å². The van der Waals surface area contributed by atoms with Crippen LogP contribution in [0.2, 0.25) is 21.2 Å². The van der Waals surface area contributed by atoms with Gasteiger partial charge in [0, 0.05) is 49.6 Å². The summed E-state index contributed by atoms with van der Waals surface area (Å²) in [5.74, 6) is 1.74. The van der Waals surface area contributed by atoms with Gasteiger partial charge in [0.1, 0.15) is 0 Å². The Morgan fingerprint density at radius 2 is 0.969 bits per heavy atom. The predicted molar refractivity (Wildman–Crippen MR) is 142 cm³/mol. The molecule has 0 saturated heterocycles. The SMILES string of the molecule is CCC(C)(C)[Si](OC)(OC)C(C)(C)CC.CO[Si](OC)(C1CCC(C)C1)C1CCC(C)C1. The molecule has 2 saturated carbocycles. The highest BCUT2D eigenvalue weighted by atomic mass is 28.4. The van der Waals surface area contributed by atoms with Crippen LogP contribution in [0.1, 0.15) is 107 Å². The first kappa shape index (κ1) is 30.3. The van der Waals surface area contributed by atoms with Gasteiger partial charge in [-0.15, -0.1) is 0 Å². The van der Waals surface area contributed by atoms with Crippen LogP contribution in [0, 0.1) is 11.8 Å². The first-order valence-corrected chi connectivity index (χ1v) is 16.9. The normalized spacial score (nSPS) is 27.4. The molecular weight excluding hydrogens is 432 g/mol. The molecule has 2 aliphatic carbocycles. The maximum Gasteiger partial charge on any atom is 0.349 e. The van der Waals surface area contributed by atoms with Gasteiger partial charge in [-0.1, -0.05) is 68.2 Å². The number of hydrogen-bond donors (Lipinski definition) is 0. The van der Waals surface area contributed by atoms with E-state index in [9.17, 15) is 0 Å². The van der Waals surface area contributed by atoms with Crippen LogP contribution in [-0.4, -0.2) is 45.6 Å². The molecule has 0 amide bonds. The summed E-state index contributed by atoms with van der Waals surface area (Å²) >= 11 is 0. The lowest BCUT2D eigenvalue weighted by atomic mass is 10.1. The third-order valence-corrected chi connectivity index (χ3v) is 19.3. The van der Waals surface area contributed by atoms with E-state index in [1.165, 1.54) is 38.5 Å². The van der Waals surface area contributed by atoms with Gasteiger partial charge in [-0.3, -0.25) is 0 Å². The van der Waals surface area contributed by atoms with Crippen LogP contribution in [0.3, 0.4) is 0 Å². The first-order chi connectivity index (χ1) is 14.9. The Balaban J connectivity index is 0.000000324. The Morgan fingerprint density at radius 1 is 0.625 bits per heavy atom. The van der Waals surface area contributed by atoms with E-state index in [1.54, 1.807) is 0 Å². The van der Waals surface area contributed by atoms with Crippen LogP contribution in [0.25, 0.3) is 0 Å². The van der Waals surface area contributed by atoms with Gasteiger partial charge in [0.05, 0.1) is 0 Å². The molecule has 4 unspecified atom stereocenters. The van der Waals surface area contributed by atoms with Crippen LogP contribution in [0.15, 0.2) is 0 Å². The van der Waals surface area contributed by atoms with Crippen molar-refractivity contribution in [2.45, 2.75) is 128 Å². The summed E-state index contributed by atoms with van der Waals surface area (Å²) in [6, 6.07) is 0. The summed E-state index contributed by atoms with van der Waals surface area (Å²) in [4.78, 5) is 0. The second-order valence-corrected chi connectivity index (χ2v) is 20.5. The fraction of sp³-hybridized carbons (Fsp3) is 1.00. The second kappa shape index (κ2) is 12.3. The summed E-state index contributed by atoms with van der Waals surface area (Å²) in [5, 5.41) is 0.270. The molecule has 0 radical (unpaired) electrons. The molecule has 2 rings (SSSR count). The zero-order valence-corrected chi connectivity index (χ0v) is 25.6. The summed E-state index contributed by atoms with van der Waals surface area (Å²) in [6.45, 7) is 18.3. The lowest BCUT2D eigenvalue weighted by Crippen LogP contribution is -2.57. The second-order valence-electron chi connectivity index (χ2n) is 11.9. The van der Waals surface area contributed by atoms with Crippen molar-refractivity contribution in [1.82, 2.24) is 0 Å². The van der Waals surface area contributed by atoms with Crippen LogP contribution >= 0.6 is 0 Å². The molecule has 0 aromatic heterocycles. The van der Waals surface area contributed by atoms with E-state index in [2.05, 4.69) is 55.4 Å². The molecular formula is C26H56O4Si2. The number of rotatable bonds is 10. The molecule has 192 valence electrons. The Kier molecular flexibility index (Phi) is 11.6. The molecule has 4 atom stereocenters. The van der Waals surface area contributed by atoms with Crippen LogP contribution in [-0.2, 0) is 17.7 Å². The molecule has 2 fully saturated rings. The Hall–Kier alpha value is 0.274. The molecule has 32 heavy (non-hydrogen) atoms. The minimum Gasteiger partial charge on any atom is -0.397 e. The van der Waals surface area contributed by atoms with Crippen molar-refractivity contribution in [3.63, 3.8) is 0 Å². The topological polar surface area (TPSA) is 36.9 Å². The molecule has 0 aromatic carbocycles. The summed E-state index contributed by atoms with van der Waals surface area (Å²) in [7, 11) is 3.27. The van der Waals surface area contributed by atoms with Crippen molar-refractivity contribution >= 4 is 17.1 Å². The highest BCUT2D eigenvalue weighted by Crippen LogP contribution is 2.55. The van der Waals surface area contributed by atoms with Crippen molar-refractivity contribution in [3.8, 4) is 0 Å². The van der Waals surface area contributed by atoms with Crippen molar-refractivity contribution in [1.29, 1.82) is 0 Å². The van der Waals surface area contributed by atoms with E-state index in [0.717, 1.165) is 35.8 Å². The molecule has 2 aliphatic rings. The zero-order valence-electron chi connectivity index (χ0n) is 23.6. The quantitative estimate of drug-likeness (QED) is 0.290. The van der Waals surface area contributed by atoms with Crippen LogP contribution in [0.5, 0.6) is 0 Å². The molecule has 0 aromatic rings. The molecule has 6 heteroatoms. The molecule has 4 nitrogen and oxygen atoms in total. The third kappa shape index (κ3) is 5.91. The standard InChI is InChI=1S/C14H28O2Si.C12H28O2Si/c1-11-5-7-13(9-11)17(15-3,16-4)14-8-6-12(2)10-14;1-9-11(3,4)15(13-7,14-8)12(5,6)10-2/h11-14H,5-10H2,1-4H3;9-10H2,1-8H3. The van der Waals surface area contributed by atoms with Gasteiger partial charge >= 0.3 is 17.1 Å². The van der Waals surface area contributed by atoms with Gasteiger partial charge in [-0.2, -0.15) is 0 Å². The highest BCUT2D eigenvalue weighted by molar-refractivity contribution is 6.73.